The minimum atomic E-state index is -0.139. The zero-order valence-electron chi connectivity index (χ0n) is 13.0. The summed E-state index contributed by atoms with van der Waals surface area (Å²) < 4.78 is 0.726. The lowest BCUT2D eigenvalue weighted by Gasteiger charge is -2.22. The predicted molar refractivity (Wildman–Crippen MR) is 85.0 cm³/mol. The first-order valence-corrected chi connectivity index (χ1v) is 7.44. The lowest BCUT2D eigenvalue weighted by molar-refractivity contribution is -0.120. The Kier molecular flexibility index (Phi) is 5.50. The molecular formula is C14H23BrN4O. The van der Waals surface area contributed by atoms with Crippen molar-refractivity contribution in [2.24, 2.45) is 0 Å². The number of rotatable bonds is 4. The predicted octanol–water partition coefficient (Wildman–Crippen LogP) is 2.50. The summed E-state index contributed by atoms with van der Waals surface area (Å²) in [5.74, 6) is 1.46. The number of nitrogens with zero attached hydrogens (tertiary/aromatic N) is 3. The van der Waals surface area contributed by atoms with Gasteiger partial charge in [0.2, 0.25) is 5.91 Å². The second kappa shape index (κ2) is 6.52. The molecule has 0 bridgehead atoms. The Morgan fingerprint density at radius 1 is 1.40 bits per heavy atom. The van der Waals surface area contributed by atoms with Crippen molar-refractivity contribution in [3.05, 3.63) is 16.5 Å². The first-order chi connectivity index (χ1) is 9.09. The molecule has 112 valence electrons. The number of carbonyl (C=O) groups excluding carboxylic acids is 1. The maximum Gasteiger partial charge on any atom is 0.239 e. The average molecular weight is 343 g/mol. The maximum absolute atomic E-state index is 11.8. The van der Waals surface area contributed by atoms with Crippen LogP contribution in [0.15, 0.2) is 10.7 Å². The van der Waals surface area contributed by atoms with Crippen LogP contribution in [0, 0.1) is 0 Å². The van der Waals surface area contributed by atoms with Crippen LogP contribution in [0.25, 0.3) is 0 Å². The fourth-order valence-corrected chi connectivity index (χ4v) is 1.97. The lowest BCUT2D eigenvalue weighted by atomic mass is 9.96. The van der Waals surface area contributed by atoms with Gasteiger partial charge in [0, 0.05) is 24.6 Å². The molecule has 6 heteroatoms. The van der Waals surface area contributed by atoms with Gasteiger partial charge in [-0.3, -0.25) is 4.79 Å². The van der Waals surface area contributed by atoms with Crippen molar-refractivity contribution >= 4 is 27.7 Å². The summed E-state index contributed by atoms with van der Waals surface area (Å²) in [6, 6.07) is 1.95. The number of aromatic nitrogens is 2. The molecule has 1 aromatic heterocycles. The number of halogens is 1. The molecule has 5 nitrogen and oxygen atoms in total. The summed E-state index contributed by atoms with van der Waals surface area (Å²) in [6.45, 7) is 10.3. The lowest BCUT2D eigenvalue weighted by Crippen LogP contribution is -2.39. The molecule has 0 aliphatic rings. The van der Waals surface area contributed by atoms with E-state index in [-0.39, 0.29) is 23.9 Å². The molecule has 0 atom stereocenters. The summed E-state index contributed by atoms with van der Waals surface area (Å²) in [5.41, 5.74) is -0.139. The van der Waals surface area contributed by atoms with E-state index >= 15 is 0 Å². The van der Waals surface area contributed by atoms with Crippen molar-refractivity contribution in [3.8, 4) is 0 Å². The van der Waals surface area contributed by atoms with E-state index in [4.69, 9.17) is 0 Å². The summed E-state index contributed by atoms with van der Waals surface area (Å²) in [7, 11) is 1.85. The van der Waals surface area contributed by atoms with E-state index in [1.165, 1.54) is 0 Å². The Hall–Kier alpha value is -1.17. The van der Waals surface area contributed by atoms with Gasteiger partial charge in [0.1, 0.15) is 16.2 Å². The molecule has 0 spiro atoms. The van der Waals surface area contributed by atoms with Crippen LogP contribution < -0.4 is 10.2 Å². The molecule has 1 N–H and O–H groups in total. The van der Waals surface area contributed by atoms with Crippen LogP contribution >= 0.6 is 15.9 Å². The Bertz CT molecular complexity index is 483. The van der Waals surface area contributed by atoms with Gasteiger partial charge in [-0.25, -0.2) is 9.97 Å². The Balaban J connectivity index is 2.90. The highest BCUT2D eigenvalue weighted by Gasteiger charge is 2.20. The van der Waals surface area contributed by atoms with Crippen LogP contribution in [0.3, 0.4) is 0 Å². The number of amides is 1. The molecule has 1 amide bonds. The zero-order valence-corrected chi connectivity index (χ0v) is 14.6. The van der Waals surface area contributed by atoms with Gasteiger partial charge in [-0.1, -0.05) is 20.8 Å². The molecule has 0 saturated heterocycles. The fourth-order valence-electron chi connectivity index (χ4n) is 1.60. The normalized spacial score (nSPS) is 11.6. The van der Waals surface area contributed by atoms with E-state index < -0.39 is 0 Å². The van der Waals surface area contributed by atoms with E-state index in [1.807, 2.05) is 31.9 Å². The fraction of sp³-hybridized carbons (Fsp3) is 0.643. The molecule has 1 aromatic rings. The molecule has 0 aromatic carbocycles. The standard InChI is InChI=1S/C14H23BrN4O/c1-9(2)16-12(20)8-19(6)11-7-10(15)17-13(18-11)14(3,4)5/h7,9H,8H2,1-6H3,(H,16,20). The topological polar surface area (TPSA) is 58.1 Å². The number of nitrogens with one attached hydrogen (secondary N) is 1. The van der Waals surface area contributed by atoms with Gasteiger partial charge >= 0.3 is 0 Å². The third kappa shape index (κ3) is 5.07. The van der Waals surface area contributed by atoms with E-state index in [0.29, 0.717) is 0 Å². The molecule has 0 fully saturated rings. The monoisotopic (exact) mass is 342 g/mol. The quantitative estimate of drug-likeness (QED) is 0.854. The van der Waals surface area contributed by atoms with E-state index in [1.54, 1.807) is 0 Å². The van der Waals surface area contributed by atoms with Gasteiger partial charge in [0.05, 0.1) is 6.54 Å². The van der Waals surface area contributed by atoms with Crippen LogP contribution in [0.4, 0.5) is 5.82 Å². The maximum atomic E-state index is 11.8. The number of hydrogen-bond acceptors (Lipinski definition) is 4. The Morgan fingerprint density at radius 2 is 2.00 bits per heavy atom. The molecule has 0 aliphatic heterocycles. The van der Waals surface area contributed by atoms with Crippen molar-refractivity contribution in [3.63, 3.8) is 0 Å². The summed E-state index contributed by atoms with van der Waals surface area (Å²) in [6.07, 6.45) is 0. The Morgan fingerprint density at radius 3 is 2.50 bits per heavy atom. The molecule has 1 rings (SSSR count). The Labute approximate surface area is 129 Å². The first kappa shape index (κ1) is 16.9. The van der Waals surface area contributed by atoms with E-state index in [9.17, 15) is 4.79 Å². The third-order valence-corrected chi connectivity index (χ3v) is 2.98. The zero-order chi connectivity index (χ0) is 15.5. The van der Waals surface area contributed by atoms with Crippen LogP contribution in [-0.4, -0.2) is 35.5 Å². The van der Waals surface area contributed by atoms with Crippen LogP contribution in [0.2, 0.25) is 0 Å². The van der Waals surface area contributed by atoms with Gasteiger partial charge in [0.25, 0.3) is 0 Å². The highest BCUT2D eigenvalue weighted by molar-refractivity contribution is 9.10. The number of hydrogen-bond donors (Lipinski definition) is 1. The van der Waals surface area contributed by atoms with Crippen molar-refractivity contribution in [2.75, 3.05) is 18.5 Å². The second-order valence-electron chi connectivity index (χ2n) is 6.20. The molecule has 0 radical (unpaired) electrons. The van der Waals surface area contributed by atoms with Gasteiger partial charge in [-0.15, -0.1) is 0 Å². The molecule has 0 unspecified atom stereocenters. The summed E-state index contributed by atoms with van der Waals surface area (Å²) in [5, 5.41) is 2.87. The van der Waals surface area contributed by atoms with Crippen LogP contribution in [0.5, 0.6) is 0 Å². The highest BCUT2D eigenvalue weighted by Crippen LogP contribution is 2.23. The second-order valence-corrected chi connectivity index (χ2v) is 7.01. The average Bonchev–Trinajstić information content (AvgIpc) is 2.25. The smallest absolute Gasteiger partial charge is 0.239 e. The minimum Gasteiger partial charge on any atom is -0.352 e. The molecule has 0 aliphatic carbocycles. The number of likely N-dealkylation sites (N-methyl/N-ethyl adjacent to an activating group) is 1. The number of anilines is 1. The van der Waals surface area contributed by atoms with Crippen molar-refractivity contribution in [1.29, 1.82) is 0 Å². The third-order valence-electron chi connectivity index (χ3n) is 2.57. The van der Waals surface area contributed by atoms with E-state index in [0.717, 1.165) is 16.2 Å². The van der Waals surface area contributed by atoms with Crippen molar-refractivity contribution in [1.82, 2.24) is 15.3 Å². The van der Waals surface area contributed by atoms with Crippen LogP contribution in [0.1, 0.15) is 40.4 Å². The largest absolute Gasteiger partial charge is 0.352 e. The number of carbonyl (C=O) groups is 1. The van der Waals surface area contributed by atoms with Gasteiger partial charge < -0.3 is 10.2 Å². The van der Waals surface area contributed by atoms with E-state index in [2.05, 4.69) is 52.0 Å². The SMILES string of the molecule is CC(C)NC(=O)CN(C)c1cc(Br)nc(C(C)(C)C)n1. The van der Waals surface area contributed by atoms with Gasteiger partial charge in [-0.2, -0.15) is 0 Å². The van der Waals surface area contributed by atoms with Gasteiger partial charge in [-0.05, 0) is 29.8 Å². The molecule has 1 heterocycles. The molecule has 20 heavy (non-hydrogen) atoms. The van der Waals surface area contributed by atoms with Crippen molar-refractivity contribution < 1.29 is 4.79 Å². The molecular weight excluding hydrogens is 320 g/mol. The van der Waals surface area contributed by atoms with Crippen LogP contribution in [-0.2, 0) is 10.2 Å². The van der Waals surface area contributed by atoms with Gasteiger partial charge in [0.15, 0.2) is 0 Å². The van der Waals surface area contributed by atoms with Crippen molar-refractivity contribution in [2.45, 2.75) is 46.1 Å². The first-order valence-electron chi connectivity index (χ1n) is 6.65. The minimum absolute atomic E-state index is 0.0189. The molecule has 0 saturated carbocycles. The highest BCUT2D eigenvalue weighted by atomic mass is 79.9. The summed E-state index contributed by atoms with van der Waals surface area (Å²) >= 11 is 3.40. The summed E-state index contributed by atoms with van der Waals surface area (Å²) in [4.78, 5) is 22.6.